The van der Waals surface area contributed by atoms with Crippen molar-refractivity contribution in [2.75, 3.05) is 13.6 Å². The summed E-state index contributed by atoms with van der Waals surface area (Å²) in [6.07, 6.45) is 11.5. The molecule has 3 rings (SSSR count). The number of nitrogens with zero attached hydrogens (tertiary/aromatic N) is 4. The molecule has 1 aromatic carbocycles. The van der Waals surface area contributed by atoms with Crippen LogP contribution < -0.4 is 10.6 Å². The number of benzene rings is 1. The molecule has 2 N–H and O–H groups in total. The first-order valence-electron chi connectivity index (χ1n) is 9.23. The number of hydrogen-bond donors (Lipinski definition) is 2. The van der Waals surface area contributed by atoms with Gasteiger partial charge in [0, 0.05) is 20.1 Å². The molecule has 26 heavy (non-hydrogen) atoms. The Morgan fingerprint density at radius 3 is 2.62 bits per heavy atom. The van der Waals surface area contributed by atoms with E-state index in [1.54, 1.807) is 11.0 Å². The average Bonchev–Trinajstić information content (AvgIpc) is 3.35. The molecule has 142 valence electrons. The van der Waals surface area contributed by atoms with E-state index in [1.807, 2.05) is 19.2 Å². The molecule has 0 atom stereocenters. The standard InChI is InChI=1S/C19H28N6.HI/c1-20-19(22-12-4-7-16-5-2-3-6-16)23-13-17-8-10-18(11-9-17)25-15-21-14-24-25;/h8-11,14-16H,2-7,12-13H2,1H3,(H2,20,22,23);1H. The highest BCUT2D eigenvalue weighted by atomic mass is 127. The number of guanidine groups is 1. The molecule has 1 saturated carbocycles. The minimum atomic E-state index is 0. The van der Waals surface area contributed by atoms with Crippen molar-refractivity contribution < 1.29 is 0 Å². The summed E-state index contributed by atoms with van der Waals surface area (Å²) < 4.78 is 1.75. The van der Waals surface area contributed by atoms with Crippen LogP contribution in [0, 0.1) is 5.92 Å². The van der Waals surface area contributed by atoms with Gasteiger partial charge in [0.2, 0.25) is 0 Å². The zero-order valence-corrected chi connectivity index (χ0v) is 17.7. The van der Waals surface area contributed by atoms with Crippen molar-refractivity contribution >= 4 is 29.9 Å². The summed E-state index contributed by atoms with van der Waals surface area (Å²) in [5.74, 6) is 1.83. The van der Waals surface area contributed by atoms with Crippen molar-refractivity contribution in [3.05, 3.63) is 42.5 Å². The zero-order valence-electron chi connectivity index (χ0n) is 15.4. The molecule has 2 aromatic rings. The summed E-state index contributed by atoms with van der Waals surface area (Å²) >= 11 is 0. The first kappa shape index (κ1) is 20.7. The first-order valence-corrected chi connectivity index (χ1v) is 9.23. The summed E-state index contributed by atoms with van der Waals surface area (Å²) in [7, 11) is 1.82. The minimum Gasteiger partial charge on any atom is -0.356 e. The van der Waals surface area contributed by atoms with Crippen molar-refractivity contribution in [2.24, 2.45) is 10.9 Å². The molecule has 0 bridgehead atoms. The summed E-state index contributed by atoms with van der Waals surface area (Å²) in [5.41, 5.74) is 2.22. The largest absolute Gasteiger partial charge is 0.356 e. The van der Waals surface area contributed by atoms with Crippen LogP contribution in [0.1, 0.15) is 44.1 Å². The van der Waals surface area contributed by atoms with E-state index >= 15 is 0 Å². The Balaban J connectivity index is 0.00000243. The average molecular weight is 468 g/mol. The molecule has 1 heterocycles. The van der Waals surface area contributed by atoms with Crippen molar-refractivity contribution in [3.8, 4) is 5.69 Å². The highest BCUT2D eigenvalue weighted by molar-refractivity contribution is 14.0. The molecular weight excluding hydrogens is 439 g/mol. The molecule has 0 amide bonds. The van der Waals surface area contributed by atoms with E-state index in [0.29, 0.717) is 0 Å². The van der Waals surface area contributed by atoms with Crippen LogP contribution in [-0.2, 0) is 6.54 Å². The second kappa shape index (κ2) is 11.2. The molecule has 0 unspecified atom stereocenters. The van der Waals surface area contributed by atoms with Crippen molar-refractivity contribution in [1.29, 1.82) is 0 Å². The van der Waals surface area contributed by atoms with Gasteiger partial charge in [0.25, 0.3) is 0 Å². The Labute approximate surface area is 172 Å². The van der Waals surface area contributed by atoms with Crippen LogP contribution in [0.3, 0.4) is 0 Å². The Hall–Kier alpha value is -1.64. The zero-order chi connectivity index (χ0) is 17.3. The van der Waals surface area contributed by atoms with Gasteiger partial charge in [0.15, 0.2) is 5.96 Å². The fourth-order valence-corrected chi connectivity index (χ4v) is 3.41. The van der Waals surface area contributed by atoms with Crippen LogP contribution >= 0.6 is 24.0 Å². The lowest BCUT2D eigenvalue weighted by atomic mass is 10.0. The lowest BCUT2D eigenvalue weighted by Gasteiger charge is -2.13. The molecule has 0 spiro atoms. The van der Waals surface area contributed by atoms with Crippen molar-refractivity contribution in [3.63, 3.8) is 0 Å². The second-order valence-electron chi connectivity index (χ2n) is 6.65. The van der Waals surface area contributed by atoms with Gasteiger partial charge in [-0.2, -0.15) is 5.10 Å². The van der Waals surface area contributed by atoms with Crippen LogP contribution in [-0.4, -0.2) is 34.3 Å². The molecule has 1 aromatic heterocycles. The summed E-state index contributed by atoms with van der Waals surface area (Å²) in [6.45, 7) is 1.74. The van der Waals surface area contributed by atoms with Gasteiger partial charge in [-0.1, -0.05) is 37.8 Å². The van der Waals surface area contributed by atoms with Gasteiger partial charge in [-0.05, 0) is 36.5 Å². The lowest BCUT2D eigenvalue weighted by molar-refractivity contribution is 0.481. The maximum atomic E-state index is 4.30. The second-order valence-corrected chi connectivity index (χ2v) is 6.65. The third-order valence-corrected chi connectivity index (χ3v) is 4.86. The SMILES string of the molecule is CN=C(NCCCC1CCCC1)NCc1ccc(-n2cncn2)cc1.I. The lowest BCUT2D eigenvalue weighted by Crippen LogP contribution is -2.37. The van der Waals surface area contributed by atoms with E-state index in [0.717, 1.165) is 30.7 Å². The molecule has 0 radical (unpaired) electrons. The number of hydrogen-bond acceptors (Lipinski definition) is 3. The first-order chi connectivity index (χ1) is 12.3. The molecule has 0 saturated heterocycles. The molecular formula is C19H29IN6. The third-order valence-electron chi connectivity index (χ3n) is 4.86. The van der Waals surface area contributed by atoms with E-state index in [1.165, 1.54) is 50.4 Å². The van der Waals surface area contributed by atoms with Gasteiger partial charge in [-0.3, -0.25) is 4.99 Å². The molecule has 0 aliphatic heterocycles. The fraction of sp³-hybridized carbons (Fsp3) is 0.526. The molecule has 1 aliphatic rings. The monoisotopic (exact) mass is 468 g/mol. The van der Waals surface area contributed by atoms with Gasteiger partial charge < -0.3 is 10.6 Å². The van der Waals surface area contributed by atoms with Crippen molar-refractivity contribution in [2.45, 2.75) is 45.1 Å². The van der Waals surface area contributed by atoms with Crippen LogP contribution in [0.15, 0.2) is 41.9 Å². The van der Waals surface area contributed by atoms with E-state index in [9.17, 15) is 0 Å². The highest BCUT2D eigenvalue weighted by Crippen LogP contribution is 2.28. The van der Waals surface area contributed by atoms with Gasteiger partial charge in [-0.15, -0.1) is 24.0 Å². The maximum Gasteiger partial charge on any atom is 0.191 e. The van der Waals surface area contributed by atoms with Crippen LogP contribution in [0.2, 0.25) is 0 Å². The Morgan fingerprint density at radius 2 is 1.96 bits per heavy atom. The highest BCUT2D eigenvalue weighted by Gasteiger charge is 2.13. The third kappa shape index (κ3) is 6.26. The van der Waals surface area contributed by atoms with Gasteiger partial charge in [-0.25, -0.2) is 9.67 Å². The number of halogens is 1. The predicted molar refractivity (Wildman–Crippen MR) is 116 cm³/mol. The smallest absolute Gasteiger partial charge is 0.191 e. The van der Waals surface area contributed by atoms with Crippen LogP contribution in [0.25, 0.3) is 5.69 Å². The van der Waals surface area contributed by atoms with E-state index in [2.05, 4.69) is 37.8 Å². The van der Waals surface area contributed by atoms with Gasteiger partial charge in [0.1, 0.15) is 12.7 Å². The predicted octanol–water partition coefficient (Wildman–Crippen LogP) is 3.52. The quantitative estimate of drug-likeness (QED) is 0.283. The molecule has 1 aliphatic carbocycles. The van der Waals surface area contributed by atoms with Gasteiger partial charge in [0.05, 0.1) is 5.69 Å². The number of rotatable bonds is 7. The molecule has 7 heteroatoms. The number of aliphatic imine (C=N–C) groups is 1. The number of nitrogens with one attached hydrogen (secondary N) is 2. The Morgan fingerprint density at radius 1 is 1.19 bits per heavy atom. The normalized spacial score (nSPS) is 14.9. The topological polar surface area (TPSA) is 67.1 Å². The van der Waals surface area contributed by atoms with Crippen molar-refractivity contribution in [1.82, 2.24) is 25.4 Å². The van der Waals surface area contributed by atoms with E-state index in [4.69, 9.17) is 0 Å². The fourth-order valence-electron chi connectivity index (χ4n) is 3.41. The Kier molecular flexibility index (Phi) is 8.87. The van der Waals surface area contributed by atoms with E-state index in [-0.39, 0.29) is 24.0 Å². The molecule has 1 fully saturated rings. The van der Waals surface area contributed by atoms with Gasteiger partial charge >= 0.3 is 0 Å². The van der Waals surface area contributed by atoms with Crippen LogP contribution in [0.5, 0.6) is 0 Å². The summed E-state index contributed by atoms with van der Waals surface area (Å²) in [4.78, 5) is 8.27. The Bertz CT molecular complexity index is 647. The summed E-state index contributed by atoms with van der Waals surface area (Å²) in [5, 5.41) is 10.9. The van der Waals surface area contributed by atoms with Crippen LogP contribution in [0.4, 0.5) is 0 Å². The maximum absolute atomic E-state index is 4.30. The summed E-state index contributed by atoms with van der Waals surface area (Å²) in [6, 6.07) is 8.28. The molecule has 6 nitrogen and oxygen atoms in total. The van der Waals surface area contributed by atoms with E-state index < -0.39 is 0 Å². The minimum absolute atomic E-state index is 0. The number of aromatic nitrogens is 3.